The van der Waals surface area contributed by atoms with Crippen LogP contribution in [-0.2, 0) is 9.59 Å². The Balaban J connectivity index is 1.28. The molecular weight excluding hydrogens is 610 g/mol. The first kappa shape index (κ1) is 31.1. The quantitative estimate of drug-likeness (QED) is 0.0941. The molecule has 0 saturated carbocycles. The van der Waals surface area contributed by atoms with E-state index in [1.54, 1.807) is 60.7 Å². The second-order valence-corrected chi connectivity index (χ2v) is 11.2. The summed E-state index contributed by atoms with van der Waals surface area (Å²) in [6.07, 6.45) is 1.65. The van der Waals surface area contributed by atoms with Gasteiger partial charge in [-0.05, 0) is 77.0 Å². The molecule has 10 heteroatoms. The molecule has 0 saturated heterocycles. The Labute approximate surface area is 268 Å². The van der Waals surface area contributed by atoms with Gasteiger partial charge in [-0.25, -0.2) is 4.79 Å². The molecule has 0 heterocycles. The number of amides is 3. The summed E-state index contributed by atoms with van der Waals surface area (Å²) in [5.74, 6) is -2.37. The summed E-state index contributed by atoms with van der Waals surface area (Å²) in [4.78, 5) is 51.0. The van der Waals surface area contributed by atoms with Crippen molar-refractivity contribution in [1.82, 2.24) is 5.32 Å². The summed E-state index contributed by atoms with van der Waals surface area (Å²) in [6, 6.07) is 33.1. The average Bonchev–Trinajstić information content (AvgIpc) is 3.05. The lowest BCUT2D eigenvalue weighted by molar-refractivity contribution is -0.114. The highest BCUT2D eigenvalue weighted by Crippen LogP contribution is 2.26. The molecule has 224 valence electrons. The molecule has 0 fully saturated rings. The van der Waals surface area contributed by atoms with Gasteiger partial charge in [0.2, 0.25) is 5.91 Å². The minimum Gasteiger partial charge on any atom is -0.478 e. The van der Waals surface area contributed by atoms with Crippen molar-refractivity contribution >= 4 is 75.3 Å². The predicted molar refractivity (Wildman–Crippen MR) is 179 cm³/mol. The molecule has 4 N–H and O–H groups in total. The lowest BCUT2D eigenvalue weighted by Gasteiger charge is -2.13. The largest absolute Gasteiger partial charge is 0.478 e. The zero-order valence-electron chi connectivity index (χ0n) is 23.6. The maximum atomic E-state index is 13.5. The van der Waals surface area contributed by atoms with E-state index < -0.39 is 17.8 Å². The van der Waals surface area contributed by atoms with Crippen molar-refractivity contribution in [1.29, 1.82) is 0 Å². The van der Waals surface area contributed by atoms with Crippen LogP contribution in [0.25, 0.3) is 16.8 Å². The van der Waals surface area contributed by atoms with Crippen molar-refractivity contribution in [3.05, 3.63) is 143 Å². The van der Waals surface area contributed by atoms with E-state index in [0.29, 0.717) is 11.3 Å². The molecule has 0 aliphatic rings. The second kappa shape index (κ2) is 14.4. The number of halogens is 1. The van der Waals surface area contributed by atoms with Gasteiger partial charge in [0.1, 0.15) is 5.70 Å². The summed E-state index contributed by atoms with van der Waals surface area (Å²) in [5.41, 5.74) is 1.97. The van der Waals surface area contributed by atoms with E-state index >= 15 is 0 Å². The molecule has 0 aromatic heterocycles. The number of benzene rings is 5. The van der Waals surface area contributed by atoms with Crippen LogP contribution in [0.3, 0.4) is 0 Å². The van der Waals surface area contributed by atoms with E-state index in [-0.39, 0.29) is 33.6 Å². The van der Waals surface area contributed by atoms with E-state index in [9.17, 15) is 24.3 Å². The summed E-state index contributed by atoms with van der Waals surface area (Å²) in [7, 11) is 0. The van der Waals surface area contributed by atoms with Crippen LogP contribution < -0.4 is 16.0 Å². The second-order valence-electron chi connectivity index (χ2n) is 9.76. The fraction of sp³-hybridized carbons (Fsp3) is 0.0286. The number of thioether (sulfide) groups is 1. The van der Waals surface area contributed by atoms with Crippen LogP contribution in [0.1, 0.15) is 26.3 Å². The van der Waals surface area contributed by atoms with Gasteiger partial charge >= 0.3 is 5.97 Å². The fourth-order valence-corrected chi connectivity index (χ4v) is 5.26. The number of carbonyl (C=O) groups is 4. The summed E-state index contributed by atoms with van der Waals surface area (Å²) in [5, 5.41) is 19.6. The Hall–Kier alpha value is -5.38. The number of fused-ring (bicyclic) bond motifs is 1. The van der Waals surface area contributed by atoms with Crippen LogP contribution in [0.2, 0.25) is 5.02 Å². The third-order valence-electron chi connectivity index (χ3n) is 6.62. The first-order chi connectivity index (χ1) is 21.8. The monoisotopic (exact) mass is 635 g/mol. The SMILES string of the molecule is O=C(CSc1ccc(NC(=O)/C(=C/c2cccc3ccccc23)NC(=O)c2ccccc2)cc1)Nc1cc(C(=O)O)ccc1Cl. The number of carbonyl (C=O) groups excluding carboxylic acids is 3. The summed E-state index contributed by atoms with van der Waals surface area (Å²) in [6.45, 7) is 0. The average molecular weight is 636 g/mol. The minimum absolute atomic E-state index is 0.00902. The number of carboxylic acid groups (broad SMARTS) is 1. The van der Waals surface area contributed by atoms with E-state index in [0.717, 1.165) is 21.2 Å². The van der Waals surface area contributed by atoms with Gasteiger partial charge in [0.25, 0.3) is 11.8 Å². The number of carboxylic acids is 1. The van der Waals surface area contributed by atoms with Crippen molar-refractivity contribution in [2.75, 3.05) is 16.4 Å². The van der Waals surface area contributed by atoms with Gasteiger partial charge in [-0.3, -0.25) is 14.4 Å². The molecule has 0 atom stereocenters. The standard InChI is InChI=1S/C35H26ClN3O5S/c36-29-18-13-25(35(43)44)20-30(29)38-32(40)21-45-27-16-14-26(15-17-27)37-34(42)31(39-33(41)23-8-2-1-3-9-23)19-24-11-6-10-22-7-4-5-12-28(22)24/h1-20H,21H2,(H,37,42)(H,38,40)(H,39,41)(H,43,44)/b31-19-. The van der Waals surface area contributed by atoms with E-state index in [1.807, 2.05) is 42.5 Å². The van der Waals surface area contributed by atoms with Gasteiger partial charge in [-0.2, -0.15) is 0 Å². The van der Waals surface area contributed by atoms with Crippen LogP contribution in [0.4, 0.5) is 11.4 Å². The topological polar surface area (TPSA) is 125 Å². The minimum atomic E-state index is -1.13. The van der Waals surface area contributed by atoms with Crippen molar-refractivity contribution < 1.29 is 24.3 Å². The van der Waals surface area contributed by atoms with Crippen LogP contribution in [0.15, 0.2) is 126 Å². The van der Waals surface area contributed by atoms with Gasteiger partial charge in [0.15, 0.2) is 0 Å². The maximum Gasteiger partial charge on any atom is 0.335 e. The molecule has 45 heavy (non-hydrogen) atoms. The van der Waals surface area contributed by atoms with Crippen molar-refractivity contribution in [3.8, 4) is 0 Å². The zero-order chi connectivity index (χ0) is 31.8. The molecule has 5 aromatic rings. The molecular formula is C35H26ClN3O5S. The number of aromatic carboxylic acids is 1. The molecule has 0 radical (unpaired) electrons. The normalized spacial score (nSPS) is 11.1. The van der Waals surface area contributed by atoms with Crippen molar-refractivity contribution in [2.24, 2.45) is 0 Å². The first-order valence-electron chi connectivity index (χ1n) is 13.7. The zero-order valence-corrected chi connectivity index (χ0v) is 25.2. The highest BCUT2D eigenvalue weighted by molar-refractivity contribution is 8.00. The number of rotatable bonds is 10. The number of anilines is 2. The molecule has 0 spiro atoms. The Morgan fingerprint density at radius 2 is 1.47 bits per heavy atom. The lowest BCUT2D eigenvalue weighted by atomic mass is 10.0. The Morgan fingerprint density at radius 3 is 2.22 bits per heavy atom. The summed E-state index contributed by atoms with van der Waals surface area (Å²) < 4.78 is 0. The Kier molecular flexibility index (Phi) is 9.93. The molecule has 8 nitrogen and oxygen atoms in total. The molecule has 0 unspecified atom stereocenters. The number of hydrogen-bond donors (Lipinski definition) is 4. The van der Waals surface area contributed by atoms with Gasteiger partial charge < -0.3 is 21.1 Å². The van der Waals surface area contributed by atoms with E-state index in [1.165, 1.54) is 30.0 Å². The van der Waals surface area contributed by atoms with Crippen LogP contribution >= 0.6 is 23.4 Å². The van der Waals surface area contributed by atoms with Crippen molar-refractivity contribution in [3.63, 3.8) is 0 Å². The van der Waals surface area contributed by atoms with Gasteiger partial charge in [0.05, 0.1) is 22.0 Å². The van der Waals surface area contributed by atoms with E-state index in [2.05, 4.69) is 16.0 Å². The molecule has 5 aromatic carbocycles. The first-order valence-corrected chi connectivity index (χ1v) is 15.1. The van der Waals surface area contributed by atoms with E-state index in [4.69, 9.17) is 11.6 Å². The van der Waals surface area contributed by atoms with Crippen LogP contribution in [0, 0.1) is 0 Å². The number of nitrogens with one attached hydrogen (secondary N) is 3. The Bertz CT molecular complexity index is 1920. The molecule has 0 aliphatic heterocycles. The molecule has 5 rings (SSSR count). The molecule has 0 aliphatic carbocycles. The number of hydrogen-bond acceptors (Lipinski definition) is 5. The fourth-order valence-electron chi connectivity index (χ4n) is 4.40. The highest BCUT2D eigenvalue weighted by Gasteiger charge is 2.16. The third-order valence-corrected chi connectivity index (χ3v) is 7.96. The van der Waals surface area contributed by atoms with Crippen LogP contribution in [0.5, 0.6) is 0 Å². The van der Waals surface area contributed by atoms with Gasteiger partial charge in [0, 0.05) is 16.1 Å². The summed E-state index contributed by atoms with van der Waals surface area (Å²) >= 11 is 7.35. The van der Waals surface area contributed by atoms with Crippen LogP contribution in [-0.4, -0.2) is 34.6 Å². The van der Waals surface area contributed by atoms with Gasteiger partial charge in [-0.15, -0.1) is 11.8 Å². The maximum absolute atomic E-state index is 13.5. The van der Waals surface area contributed by atoms with Gasteiger partial charge in [-0.1, -0.05) is 72.3 Å². The third kappa shape index (κ3) is 8.17. The molecule has 3 amide bonds. The lowest BCUT2D eigenvalue weighted by Crippen LogP contribution is -2.30. The predicted octanol–water partition coefficient (Wildman–Crippen LogP) is 7.33. The molecule has 0 bridgehead atoms. The highest BCUT2D eigenvalue weighted by atomic mass is 35.5. The smallest absolute Gasteiger partial charge is 0.335 e. The Morgan fingerprint density at radius 1 is 0.756 bits per heavy atom. The van der Waals surface area contributed by atoms with Crippen molar-refractivity contribution in [2.45, 2.75) is 4.90 Å².